The summed E-state index contributed by atoms with van der Waals surface area (Å²) in [5.41, 5.74) is 1.20. The van der Waals surface area contributed by atoms with E-state index in [9.17, 15) is 35.1 Å². The molecule has 0 bridgehead atoms. The molecule has 2 aromatic rings. The molecule has 170 valence electrons. The van der Waals surface area contributed by atoms with Gasteiger partial charge in [-0.15, -0.1) is 0 Å². The number of rotatable bonds is 4. The first-order valence-corrected chi connectivity index (χ1v) is 10.9. The van der Waals surface area contributed by atoms with Crippen molar-refractivity contribution >= 4 is 52.4 Å². The van der Waals surface area contributed by atoms with Gasteiger partial charge in [-0.1, -0.05) is 23.5 Å². The van der Waals surface area contributed by atoms with Gasteiger partial charge in [-0.2, -0.15) is 5.26 Å². The first kappa shape index (κ1) is 23.0. The molecule has 0 radical (unpaired) electrons. The van der Waals surface area contributed by atoms with Crippen molar-refractivity contribution in [2.24, 2.45) is 0 Å². The molecule has 0 atom stereocenters. The highest BCUT2D eigenvalue weighted by atomic mass is 32.2. The Labute approximate surface area is 199 Å². The molecular weight excluding hydrogens is 486 g/mol. The maximum Gasteiger partial charge on any atom is 0.346 e. The number of esters is 2. The number of nitro groups is 2. The summed E-state index contributed by atoms with van der Waals surface area (Å²) in [6, 6.07) is 8.37. The smallest absolute Gasteiger partial charge is 0.346 e. The molecule has 13 heteroatoms. The van der Waals surface area contributed by atoms with Crippen molar-refractivity contribution in [2.75, 3.05) is 14.2 Å². The quantitative estimate of drug-likeness (QED) is 0.289. The third-order valence-electron chi connectivity index (χ3n) is 5.02. The molecule has 0 unspecified atom stereocenters. The van der Waals surface area contributed by atoms with Crippen LogP contribution in [0.5, 0.6) is 0 Å². The Morgan fingerprint density at radius 1 is 0.882 bits per heavy atom. The molecule has 4 rings (SSSR count). The molecule has 0 saturated carbocycles. The van der Waals surface area contributed by atoms with Gasteiger partial charge in [0.1, 0.15) is 15.9 Å². The number of thioether (sulfide) groups is 2. The van der Waals surface area contributed by atoms with Crippen LogP contribution < -0.4 is 0 Å². The van der Waals surface area contributed by atoms with E-state index in [0.717, 1.165) is 43.8 Å². The number of nitro benzene ring substituents is 2. The molecule has 1 aliphatic heterocycles. The lowest BCUT2D eigenvalue weighted by atomic mass is 9.99. The third-order valence-corrected chi connectivity index (χ3v) is 7.58. The van der Waals surface area contributed by atoms with Crippen molar-refractivity contribution < 1.29 is 28.9 Å². The zero-order valence-corrected chi connectivity index (χ0v) is 18.9. The van der Waals surface area contributed by atoms with Crippen molar-refractivity contribution in [2.45, 2.75) is 0 Å². The van der Waals surface area contributed by atoms with E-state index in [1.165, 1.54) is 24.3 Å². The number of hydrogen-bond acceptors (Lipinski definition) is 11. The van der Waals surface area contributed by atoms with Crippen LogP contribution in [0.2, 0.25) is 0 Å². The Kier molecular flexibility index (Phi) is 5.86. The number of carbonyl (C=O) groups excluding carboxylic acids is 2. The van der Waals surface area contributed by atoms with Crippen LogP contribution in [0.15, 0.2) is 44.4 Å². The first-order chi connectivity index (χ1) is 16.2. The van der Waals surface area contributed by atoms with Gasteiger partial charge in [0.15, 0.2) is 0 Å². The van der Waals surface area contributed by atoms with E-state index >= 15 is 0 Å². The fourth-order valence-corrected chi connectivity index (χ4v) is 6.22. The van der Waals surface area contributed by atoms with Crippen LogP contribution in [0.25, 0.3) is 16.7 Å². The minimum atomic E-state index is -0.789. The molecule has 11 nitrogen and oxygen atoms in total. The second kappa shape index (κ2) is 8.65. The normalized spacial score (nSPS) is 13.8. The van der Waals surface area contributed by atoms with Gasteiger partial charge in [0.25, 0.3) is 11.4 Å². The van der Waals surface area contributed by atoms with Gasteiger partial charge in [0.05, 0.1) is 33.9 Å². The summed E-state index contributed by atoms with van der Waals surface area (Å²) in [5, 5.41) is 32.6. The van der Waals surface area contributed by atoms with E-state index in [2.05, 4.69) is 0 Å². The molecule has 0 fully saturated rings. The Morgan fingerprint density at radius 3 is 1.94 bits per heavy atom. The van der Waals surface area contributed by atoms with Crippen LogP contribution in [-0.4, -0.2) is 36.0 Å². The Balaban J connectivity index is 2.04. The highest BCUT2D eigenvalue weighted by Gasteiger charge is 2.38. The topological polar surface area (TPSA) is 163 Å². The maximum absolute atomic E-state index is 12.3. The van der Waals surface area contributed by atoms with Crippen molar-refractivity contribution in [1.29, 1.82) is 5.26 Å². The van der Waals surface area contributed by atoms with Crippen LogP contribution in [0.3, 0.4) is 0 Å². The zero-order chi connectivity index (χ0) is 24.7. The van der Waals surface area contributed by atoms with Crippen molar-refractivity contribution in [3.05, 3.63) is 81.3 Å². The summed E-state index contributed by atoms with van der Waals surface area (Å²) >= 11 is 1.77. The standard InChI is InChI=1S/C21H11N3O8S2/c1-31-19(25)17-18(20(26)32-2)34-21(33-17)16-13-6-10(23(27)28)3-4-12(13)15-9(8-22)5-11(24(29)30)7-14(15)16/h3-7H,1-2H3. The highest BCUT2D eigenvalue weighted by Crippen LogP contribution is 2.58. The number of carbonyl (C=O) groups is 2. The van der Waals surface area contributed by atoms with Crippen molar-refractivity contribution in [3.8, 4) is 17.2 Å². The molecule has 34 heavy (non-hydrogen) atoms. The second-order valence-corrected chi connectivity index (χ2v) is 9.08. The number of hydrogen-bond donors (Lipinski definition) is 0. The number of ether oxygens (including phenoxy) is 2. The maximum atomic E-state index is 12.3. The number of fused-ring (bicyclic) bond motifs is 3. The van der Waals surface area contributed by atoms with Gasteiger partial charge in [-0.25, -0.2) is 9.59 Å². The van der Waals surface area contributed by atoms with E-state index in [1.807, 2.05) is 6.07 Å². The fraction of sp³-hybridized carbons (Fsp3) is 0.0952. The van der Waals surface area contributed by atoms with E-state index in [-0.39, 0.29) is 32.3 Å². The minimum absolute atomic E-state index is 0.0113. The minimum Gasteiger partial charge on any atom is -0.465 e. The predicted molar refractivity (Wildman–Crippen MR) is 122 cm³/mol. The van der Waals surface area contributed by atoms with Crippen molar-refractivity contribution in [3.63, 3.8) is 0 Å². The van der Waals surface area contributed by atoms with Crippen LogP contribution in [0, 0.1) is 31.6 Å². The Morgan fingerprint density at radius 2 is 1.44 bits per heavy atom. The van der Waals surface area contributed by atoms with Crippen LogP contribution in [0.4, 0.5) is 11.4 Å². The number of nitrogens with zero attached hydrogens (tertiary/aromatic N) is 3. The molecule has 1 heterocycles. The lowest BCUT2D eigenvalue weighted by Gasteiger charge is -2.08. The molecule has 0 aromatic heterocycles. The van der Waals surface area contributed by atoms with Gasteiger partial charge >= 0.3 is 11.9 Å². The summed E-state index contributed by atoms with van der Waals surface area (Å²) in [7, 11) is 2.29. The van der Waals surface area contributed by atoms with Crippen LogP contribution >= 0.6 is 23.5 Å². The summed E-state index contributed by atoms with van der Waals surface area (Å²) in [6.45, 7) is 0. The monoisotopic (exact) mass is 497 g/mol. The molecule has 0 saturated heterocycles. The van der Waals surface area contributed by atoms with E-state index in [4.69, 9.17) is 9.47 Å². The number of non-ortho nitro benzene ring substituents is 2. The molecule has 2 aromatic carbocycles. The van der Waals surface area contributed by atoms with E-state index < -0.39 is 21.8 Å². The number of benzene rings is 2. The third kappa shape index (κ3) is 3.58. The Hall–Kier alpha value is -4.15. The summed E-state index contributed by atoms with van der Waals surface area (Å²) in [6.07, 6.45) is 0. The highest BCUT2D eigenvalue weighted by molar-refractivity contribution is 8.29. The van der Waals surface area contributed by atoms with Crippen molar-refractivity contribution in [1.82, 2.24) is 0 Å². The van der Waals surface area contributed by atoms with Crippen LogP contribution in [0.1, 0.15) is 16.7 Å². The molecular formula is C21H11N3O8S2. The SMILES string of the molecule is COC(=O)C1=C(C(=O)OC)SC(=C2c3cc([N+](=O)[O-])ccc3-c3c(C#N)cc([N+](=O)[O-])cc32)S1. The van der Waals surface area contributed by atoms with Crippen LogP contribution in [-0.2, 0) is 19.1 Å². The van der Waals surface area contributed by atoms with E-state index in [0.29, 0.717) is 26.5 Å². The molecule has 0 amide bonds. The molecule has 0 spiro atoms. The summed E-state index contributed by atoms with van der Waals surface area (Å²) in [4.78, 5) is 46.3. The molecule has 2 aliphatic rings. The van der Waals surface area contributed by atoms with Gasteiger partial charge in [-0.05, 0) is 22.8 Å². The Bertz CT molecular complexity index is 1410. The average molecular weight is 497 g/mol. The predicted octanol–water partition coefficient (Wildman–Crippen LogP) is 4.11. The summed E-state index contributed by atoms with van der Waals surface area (Å²) in [5.74, 6) is -1.58. The molecule has 1 aliphatic carbocycles. The first-order valence-electron chi connectivity index (χ1n) is 9.24. The lowest BCUT2D eigenvalue weighted by Crippen LogP contribution is -2.08. The van der Waals surface area contributed by atoms with E-state index in [1.54, 1.807) is 0 Å². The van der Waals surface area contributed by atoms with Gasteiger partial charge in [0, 0.05) is 35.4 Å². The molecule has 0 N–H and O–H groups in total. The largest absolute Gasteiger partial charge is 0.465 e. The number of nitriles is 1. The second-order valence-electron chi connectivity index (χ2n) is 6.78. The lowest BCUT2D eigenvalue weighted by molar-refractivity contribution is -0.385. The van der Waals surface area contributed by atoms with Gasteiger partial charge in [-0.3, -0.25) is 20.2 Å². The van der Waals surface area contributed by atoms with Gasteiger partial charge in [0.2, 0.25) is 0 Å². The zero-order valence-electron chi connectivity index (χ0n) is 17.3. The number of methoxy groups -OCH3 is 2. The average Bonchev–Trinajstić information content (AvgIpc) is 3.41. The van der Waals surface area contributed by atoms with Gasteiger partial charge < -0.3 is 9.47 Å². The fourth-order valence-electron chi connectivity index (χ4n) is 3.60. The summed E-state index contributed by atoms with van der Waals surface area (Å²) < 4.78 is 9.88.